The lowest BCUT2D eigenvalue weighted by Gasteiger charge is -2.23. The molecule has 7 rings (SSSR count). The van der Waals surface area contributed by atoms with Crippen LogP contribution < -0.4 is 10.2 Å². The monoisotopic (exact) mass is 534 g/mol. The van der Waals surface area contributed by atoms with Gasteiger partial charge >= 0.3 is 0 Å². The van der Waals surface area contributed by atoms with E-state index in [1.54, 1.807) is 19.5 Å². The summed E-state index contributed by atoms with van der Waals surface area (Å²) >= 11 is 1.29. The van der Waals surface area contributed by atoms with E-state index in [0.29, 0.717) is 34.4 Å². The van der Waals surface area contributed by atoms with Gasteiger partial charge in [0.05, 0.1) is 17.4 Å². The van der Waals surface area contributed by atoms with Gasteiger partial charge in [-0.15, -0.1) is 11.8 Å². The van der Waals surface area contributed by atoms with Gasteiger partial charge in [-0.2, -0.15) is 15.2 Å². The average Bonchev–Trinajstić information content (AvgIpc) is 3.82. The fraction of sp³-hybridized carbons (Fsp3) is 0.407. The third kappa shape index (κ3) is 4.32. The molecule has 11 heteroatoms. The number of anilines is 4. The zero-order valence-electron chi connectivity index (χ0n) is 21.2. The maximum absolute atomic E-state index is 15.1. The minimum absolute atomic E-state index is 0.189. The Morgan fingerprint density at radius 2 is 1.76 bits per heavy atom. The fourth-order valence-electron chi connectivity index (χ4n) is 4.97. The first-order chi connectivity index (χ1) is 18.5. The van der Waals surface area contributed by atoms with Gasteiger partial charge in [-0.05, 0) is 68.9 Å². The molecule has 4 aromatic rings. The van der Waals surface area contributed by atoms with Crippen LogP contribution in [-0.2, 0) is 0 Å². The molecule has 0 aliphatic heterocycles. The number of hydrogen-bond acceptors (Lipinski definition) is 7. The van der Waals surface area contributed by atoms with Crippen molar-refractivity contribution in [3.05, 3.63) is 53.4 Å². The van der Waals surface area contributed by atoms with Gasteiger partial charge in [0.2, 0.25) is 5.95 Å². The topological polar surface area (TPSA) is 87.5 Å². The first-order valence-corrected chi connectivity index (χ1v) is 14.3. The second-order valence-corrected chi connectivity index (χ2v) is 11.3. The Labute approximate surface area is 223 Å². The van der Waals surface area contributed by atoms with E-state index in [-0.39, 0.29) is 11.6 Å². The highest BCUT2D eigenvalue weighted by Crippen LogP contribution is 2.49. The van der Waals surface area contributed by atoms with E-state index < -0.39 is 11.6 Å². The fourth-order valence-corrected chi connectivity index (χ4v) is 5.42. The second-order valence-electron chi connectivity index (χ2n) is 10.4. The predicted octanol–water partition coefficient (Wildman–Crippen LogP) is 6.66. The Hall–Kier alpha value is -3.47. The minimum atomic E-state index is -0.660. The number of H-pyrrole nitrogens is 1. The van der Waals surface area contributed by atoms with Crippen molar-refractivity contribution >= 4 is 35.0 Å². The smallest absolute Gasteiger partial charge is 0.232 e. The van der Waals surface area contributed by atoms with E-state index in [2.05, 4.69) is 20.6 Å². The number of thioether (sulfide) groups is 1. The van der Waals surface area contributed by atoms with Crippen molar-refractivity contribution in [1.29, 1.82) is 0 Å². The number of nitrogens with zero attached hydrogens (tertiary/aromatic N) is 6. The molecule has 0 saturated heterocycles. The molecule has 3 heterocycles. The highest BCUT2D eigenvalue weighted by molar-refractivity contribution is 7.98. The van der Waals surface area contributed by atoms with E-state index in [9.17, 15) is 0 Å². The van der Waals surface area contributed by atoms with Gasteiger partial charge < -0.3 is 10.2 Å². The molecule has 38 heavy (non-hydrogen) atoms. The van der Waals surface area contributed by atoms with Crippen LogP contribution in [0.4, 0.5) is 32.1 Å². The summed E-state index contributed by atoms with van der Waals surface area (Å²) < 4.78 is 32.3. The molecular formula is C27H28F2N8S. The Balaban J connectivity index is 1.37. The molecule has 0 atom stereocenters. The summed E-state index contributed by atoms with van der Waals surface area (Å²) in [4.78, 5) is 11.7. The van der Waals surface area contributed by atoms with Crippen LogP contribution in [-0.4, -0.2) is 43.2 Å². The zero-order chi connectivity index (χ0) is 26.0. The van der Waals surface area contributed by atoms with E-state index in [0.717, 1.165) is 48.3 Å². The molecule has 196 valence electrons. The SMILES string of the molecule is CSc1cc(F)c(N(C)c2nc(Nc3cc(C4CC4)[nH]n3)c(C3CC3)c(-c3ccnn3C3CC3)n2)c(F)c1. The lowest BCUT2D eigenvalue weighted by molar-refractivity contribution is 0.577. The summed E-state index contributed by atoms with van der Waals surface area (Å²) in [5.74, 6) is 0.988. The highest BCUT2D eigenvalue weighted by Gasteiger charge is 2.36. The first kappa shape index (κ1) is 23.6. The standard InChI is InChI=1S/C27H28F2N8S/c1-36(25-18(28)11-17(38-2)12-19(25)29)27-32-24(21-9-10-30-37(21)16-7-8-16)23(15-5-6-15)26(33-27)31-22-13-20(34-35-22)14-3-4-14/h9-16H,3-8H2,1-2H3,(H2,31,32,33,34,35). The van der Waals surface area contributed by atoms with Gasteiger partial charge in [0.1, 0.15) is 11.5 Å². The normalized spacial score (nSPS) is 17.2. The van der Waals surface area contributed by atoms with Crippen LogP contribution in [0.25, 0.3) is 11.4 Å². The number of rotatable bonds is 9. The average molecular weight is 535 g/mol. The number of hydrogen-bond donors (Lipinski definition) is 2. The van der Waals surface area contributed by atoms with Crippen LogP contribution in [0.15, 0.2) is 35.4 Å². The molecule has 0 bridgehead atoms. The molecule has 3 aromatic heterocycles. The molecule has 3 fully saturated rings. The Morgan fingerprint density at radius 1 is 1.03 bits per heavy atom. The van der Waals surface area contributed by atoms with E-state index in [1.807, 2.05) is 16.8 Å². The first-order valence-electron chi connectivity index (χ1n) is 13.0. The summed E-state index contributed by atoms with van der Waals surface area (Å²) in [6.45, 7) is 0. The van der Waals surface area contributed by atoms with Gasteiger partial charge in [0.15, 0.2) is 17.5 Å². The summed E-state index contributed by atoms with van der Waals surface area (Å²) in [6.07, 6.45) is 10.1. The zero-order valence-corrected chi connectivity index (χ0v) is 22.0. The van der Waals surface area contributed by atoms with E-state index >= 15 is 8.78 Å². The number of benzene rings is 1. The van der Waals surface area contributed by atoms with Gasteiger partial charge in [-0.3, -0.25) is 9.78 Å². The quantitative estimate of drug-likeness (QED) is 0.232. The summed E-state index contributed by atoms with van der Waals surface area (Å²) in [6, 6.07) is 7.01. The third-order valence-corrected chi connectivity index (χ3v) is 8.16. The molecule has 3 aliphatic rings. The number of aromatic nitrogens is 6. The lowest BCUT2D eigenvalue weighted by Crippen LogP contribution is -2.19. The Morgan fingerprint density at radius 3 is 2.42 bits per heavy atom. The molecule has 0 amide bonds. The van der Waals surface area contributed by atoms with Crippen molar-refractivity contribution in [3.8, 4) is 11.4 Å². The highest BCUT2D eigenvalue weighted by atomic mass is 32.2. The van der Waals surface area contributed by atoms with Crippen LogP contribution in [0.5, 0.6) is 0 Å². The third-order valence-electron chi connectivity index (χ3n) is 7.45. The van der Waals surface area contributed by atoms with Crippen LogP contribution in [0.1, 0.15) is 67.7 Å². The molecule has 0 unspecified atom stereocenters. The maximum atomic E-state index is 15.1. The predicted molar refractivity (Wildman–Crippen MR) is 144 cm³/mol. The van der Waals surface area contributed by atoms with Crippen LogP contribution in [0, 0.1) is 11.6 Å². The Kier molecular flexibility index (Phi) is 5.64. The van der Waals surface area contributed by atoms with Crippen LogP contribution in [0.2, 0.25) is 0 Å². The molecule has 0 radical (unpaired) electrons. The van der Waals surface area contributed by atoms with Crippen LogP contribution in [0.3, 0.4) is 0 Å². The van der Waals surface area contributed by atoms with E-state index in [1.165, 1.54) is 41.6 Å². The molecule has 0 spiro atoms. The van der Waals surface area contributed by atoms with Crippen LogP contribution >= 0.6 is 11.8 Å². The Bertz CT molecular complexity index is 1500. The summed E-state index contributed by atoms with van der Waals surface area (Å²) in [5.41, 5.74) is 3.56. The molecule has 3 saturated carbocycles. The summed E-state index contributed by atoms with van der Waals surface area (Å²) in [7, 11) is 1.60. The van der Waals surface area contributed by atoms with Crippen molar-refractivity contribution in [3.63, 3.8) is 0 Å². The van der Waals surface area contributed by atoms with Crippen molar-refractivity contribution in [2.75, 3.05) is 23.5 Å². The van der Waals surface area contributed by atoms with Crippen molar-refractivity contribution in [2.45, 2.75) is 61.3 Å². The minimum Gasteiger partial charge on any atom is -0.323 e. The molecular weight excluding hydrogens is 506 g/mol. The summed E-state index contributed by atoms with van der Waals surface area (Å²) in [5, 5.41) is 15.6. The van der Waals surface area contributed by atoms with E-state index in [4.69, 9.17) is 9.97 Å². The maximum Gasteiger partial charge on any atom is 0.232 e. The van der Waals surface area contributed by atoms with Crippen molar-refractivity contribution in [2.24, 2.45) is 0 Å². The van der Waals surface area contributed by atoms with Gasteiger partial charge in [-0.25, -0.2) is 13.8 Å². The van der Waals surface area contributed by atoms with Gasteiger partial charge in [-0.1, -0.05) is 0 Å². The lowest BCUT2D eigenvalue weighted by atomic mass is 10.1. The van der Waals surface area contributed by atoms with Crippen molar-refractivity contribution < 1.29 is 8.78 Å². The molecule has 8 nitrogen and oxygen atoms in total. The van der Waals surface area contributed by atoms with Crippen molar-refractivity contribution in [1.82, 2.24) is 29.9 Å². The largest absolute Gasteiger partial charge is 0.323 e. The van der Waals surface area contributed by atoms with Gasteiger partial charge in [0, 0.05) is 41.4 Å². The number of halogens is 2. The molecule has 1 aromatic carbocycles. The molecule has 2 N–H and O–H groups in total. The molecule has 3 aliphatic carbocycles. The van der Waals surface area contributed by atoms with Gasteiger partial charge in [0.25, 0.3) is 0 Å². The number of aromatic amines is 1. The second kappa shape index (κ2) is 9.07. The number of nitrogens with one attached hydrogen (secondary N) is 2.